The average molecular weight is 530 g/mol. The SMILES string of the molecule is O=C1Nc2ccc(Br)cc2C12N(c1ccccc1)N=C(c1ccccc1)N2c1cccc(Cl)c1. The van der Waals surface area contributed by atoms with Crippen molar-refractivity contribution in [3.05, 3.63) is 124 Å². The summed E-state index contributed by atoms with van der Waals surface area (Å²) in [6.07, 6.45) is 0. The molecule has 0 radical (unpaired) electrons. The molecule has 4 aromatic carbocycles. The molecule has 1 amide bonds. The zero-order valence-electron chi connectivity index (χ0n) is 17.8. The summed E-state index contributed by atoms with van der Waals surface area (Å²) < 4.78 is 0.870. The van der Waals surface area contributed by atoms with Crippen molar-refractivity contribution < 1.29 is 4.79 Å². The highest BCUT2D eigenvalue weighted by atomic mass is 79.9. The number of amidine groups is 1. The van der Waals surface area contributed by atoms with E-state index >= 15 is 0 Å². The number of para-hydroxylation sites is 1. The van der Waals surface area contributed by atoms with E-state index in [2.05, 4.69) is 21.2 Å². The minimum atomic E-state index is -1.30. The Balaban J connectivity index is 1.71. The molecular weight excluding hydrogens is 512 g/mol. The highest BCUT2D eigenvalue weighted by molar-refractivity contribution is 9.10. The second-order valence-electron chi connectivity index (χ2n) is 8.07. The molecule has 1 N–H and O–H groups in total. The van der Waals surface area contributed by atoms with Crippen LogP contribution in [0.25, 0.3) is 0 Å². The average Bonchev–Trinajstić information content (AvgIpc) is 3.36. The highest BCUT2D eigenvalue weighted by Crippen LogP contribution is 2.51. The summed E-state index contributed by atoms with van der Waals surface area (Å²) in [5.74, 6) is 0.453. The van der Waals surface area contributed by atoms with Gasteiger partial charge in [-0.1, -0.05) is 82.1 Å². The molecule has 1 unspecified atom stereocenters. The van der Waals surface area contributed by atoms with E-state index in [1.54, 1.807) is 0 Å². The van der Waals surface area contributed by atoms with Crippen LogP contribution in [0.1, 0.15) is 11.1 Å². The Labute approximate surface area is 210 Å². The Morgan fingerprint density at radius 2 is 1.53 bits per heavy atom. The van der Waals surface area contributed by atoms with Crippen molar-refractivity contribution in [3.63, 3.8) is 0 Å². The molecule has 0 aliphatic carbocycles. The molecule has 1 atom stereocenters. The van der Waals surface area contributed by atoms with Gasteiger partial charge in [-0.25, -0.2) is 5.01 Å². The topological polar surface area (TPSA) is 47.9 Å². The van der Waals surface area contributed by atoms with Gasteiger partial charge in [0.1, 0.15) is 0 Å². The van der Waals surface area contributed by atoms with Crippen LogP contribution in [0.2, 0.25) is 5.02 Å². The van der Waals surface area contributed by atoms with Gasteiger partial charge in [-0.2, -0.15) is 5.10 Å². The molecule has 166 valence electrons. The minimum absolute atomic E-state index is 0.195. The second kappa shape index (κ2) is 8.01. The van der Waals surface area contributed by atoms with E-state index in [1.807, 2.05) is 113 Å². The van der Waals surface area contributed by atoms with Gasteiger partial charge in [0.2, 0.25) is 5.66 Å². The largest absolute Gasteiger partial charge is 0.322 e. The minimum Gasteiger partial charge on any atom is -0.322 e. The number of halogens is 2. The monoisotopic (exact) mass is 528 g/mol. The Bertz CT molecular complexity index is 1440. The van der Waals surface area contributed by atoms with E-state index in [0.717, 1.165) is 32.7 Å². The third kappa shape index (κ3) is 3.06. The van der Waals surface area contributed by atoms with Crippen LogP contribution in [0, 0.1) is 0 Å². The lowest BCUT2D eigenvalue weighted by Crippen LogP contribution is -2.58. The lowest BCUT2D eigenvalue weighted by atomic mass is 9.96. The first-order valence-electron chi connectivity index (χ1n) is 10.8. The zero-order valence-corrected chi connectivity index (χ0v) is 20.2. The molecule has 7 heteroatoms. The predicted molar refractivity (Wildman–Crippen MR) is 140 cm³/mol. The molecule has 1 spiro atoms. The van der Waals surface area contributed by atoms with Crippen LogP contribution in [-0.4, -0.2) is 11.7 Å². The molecular formula is C27H18BrClN4O. The van der Waals surface area contributed by atoms with Crippen molar-refractivity contribution in [2.75, 3.05) is 15.2 Å². The number of nitrogens with one attached hydrogen (secondary N) is 1. The molecule has 34 heavy (non-hydrogen) atoms. The van der Waals surface area contributed by atoms with Gasteiger partial charge in [-0.15, -0.1) is 0 Å². The number of hydrogen-bond donors (Lipinski definition) is 1. The summed E-state index contributed by atoms with van der Waals surface area (Å²) in [7, 11) is 0. The van der Waals surface area contributed by atoms with Crippen LogP contribution in [0.4, 0.5) is 17.1 Å². The first-order valence-corrected chi connectivity index (χ1v) is 11.9. The van der Waals surface area contributed by atoms with Gasteiger partial charge >= 0.3 is 0 Å². The Morgan fingerprint density at radius 3 is 2.26 bits per heavy atom. The van der Waals surface area contributed by atoms with Gasteiger partial charge in [-0.3, -0.25) is 9.69 Å². The molecule has 4 aromatic rings. The quantitative estimate of drug-likeness (QED) is 0.325. The fraction of sp³-hybridized carbons (Fsp3) is 0.0370. The second-order valence-corrected chi connectivity index (χ2v) is 9.42. The van der Waals surface area contributed by atoms with Crippen molar-refractivity contribution in [2.45, 2.75) is 5.66 Å². The van der Waals surface area contributed by atoms with Crippen LogP contribution < -0.4 is 15.2 Å². The van der Waals surface area contributed by atoms with Crippen LogP contribution >= 0.6 is 27.5 Å². The Morgan fingerprint density at radius 1 is 0.824 bits per heavy atom. The van der Waals surface area contributed by atoms with Gasteiger partial charge in [0.25, 0.3) is 5.91 Å². The maximum atomic E-state index is 14.1. The van der Waals surface area contributed by atoms with E-state index < -0.39 is 5.66 Å². The van der Waals surface area contributed by atoms with Gasteiger partial charge in [0, 0.05) is 32.0 Å². The standard InChI is InChI=1S/C27H18BrClN4O/c28-19-14-15-24-23(16-19)27(26(34)30-24)32(22-13-7-10-20(29)17-22)25(18-8-3-1-4-9-18)31-33(27)21-11-5-2-6-12-21/h1-17H,(H,30,34). The number of carbonyl (C=O) groups excluding carboxylic acids is 1. The number of nitrogens with zero attached hydrogens (tertiary/aromatic N) is 3. The number of hydrogen-bond acceptors (Lipinski definition) is 4. The molecule has 2 aliphatic rings. The maximum Gasteiger partial charge on any atom is 0.278 e. The molecule has 2 aliphatic heterocycles. The summed E-state index contributed by atoms with van der Waals surface area (Å²) in [5, 5.41) is 10.6. The highest BCUT2D eigenvalue weighted by Gasteiger charge is 2.61. The number of carbonyl (C=O) groups is 1. The number of fused-ring (bicyclic) bond motifs is 2. The van der Waals surface area contributed by atoms with E-state index in [9.17, 15) is 4.79 Å². The Kier molecular flexibility index (Phi) is 4.94. The molecule has 5 nitrogen and oxygen atoms in total. The number of rotatable bonds is 3. The number of amides is 1. The first-order chi connectivity index (χ1) is 16.6. The summed E-state index contributed by atoms with van der Waals surface area (Å²) in [6, 6.07) is 32.9. The van der Waals surface area contributed by atoms with Crippen molar-refractivity contribution in [2.24, 2.45) is 5.10 Å². The van der Waals surface area contributed by atoms with Crippen LogP contribution in [0.3, 0.4) is 0 Å². The number of hydrazone groups is 1. The third-order valence-corrected chi connectivity index (χ3v) is 6.79. The van der Waals surface area contributed by atoms with Crippen molar-refractivity contribution in [3.8, 4) is 0 Å². The number of anilines is 3. The number of benzene rings is 4. The van der Waals surface area contributed by atoms with Gasteiger partial charge in [0.15, 0.2) is 5.84 Å². The molecule has 2 heterocycles. The third-order valence-electron chi connectivity index (χ3n) is 6.06. The molecule has 0 aromatic heterocycles. The maximum absolute atomic E-state index is 14.1. The smallest absolute Gasteiger partial charge is 0.278 e. The van der Waals surface area contributed by atoms with Crippen molar-refractivity contribution >= 4 is 56.3 Å². The summed E-state index contributed by atoms with van der Waals surface area (Å²) >= 11 is 10.0. The zero-order chi connectivity index (χ0) is 23.3. The molecule has 0 saturated carbocycles. The predicted octanol–water partition coefficient (Wildman–Crippen LogP) is 6.60. The van der Waals surface area contributed by atoms with E-state index in [-0.39, 0.29) is 5.91 Å². The van der Waals surface area contributed by atoms with Gasteiger partial charge < -0.3 is 5.32 Å². The Hall–Kier alpha value is -3.61. The summed E-state index contributed by atoms with van der Waals surface area (Å²) in [4.78, 5) is 16.1. The van der Waals surface area contributed by atoms with Gasteiger partial charge in [-0.05, 0) is 48.5 Å². The fourth-order valence-corrected chi connectivity index (χ4v) is 5.20. The summed E-state index contributed by atoms with van der Waals surface area (Å²) in [6.45, 7) is 0. The van der Waals surface area contributed by atoms with E-state index in [0.29, 0.717) is 10.9 Å². The first kappa shape index (κ1) is 21.0. The molecule has 0 fully saturated rings. The van der Waals surface area contributed by atoms with Crippen LogP contribution in [0.5, 0.6) is 0 Å². The normalized spacial score (nSPS) is 18.8. The van der Waals surface area contributed by atoms with Crippen molar-refractivity contribution in [1.82, 2.24) is 0 Å². The fourth-order valence-electron chi connectivity index (χ4n) is 4.65. The molecule has 0 bridgehead atoms. The van der Waals surface area contributed by atoms with E-state index in [4.69, 9.17) is 16.7 Å². The van der Waals surface area contributed by atoms with Crippen LogP contribution in [0.15, 0.2) is 113 Å². The lowest BCUT2D eigenvalue weighted by molar-refractivity contribution is -0.120. The summed E-state index contributed by atoms with van der Waals surface area (Å²) in [5.41, 5.74) is 2.68. The van der Waals surface area contributed by atoms with Crippen LogP contribution in [-0.2, 0) is 10.5 Å². The van der Waals surface area contributed by atoms with Crippen molar-refractivity contribution in [1.29, 1.82) is 0 Å². The van der Waals surface area contributed by atoms with Gasteiger partial charge in [0.05, 0.1) is 5.69 Å². The lowest BCUT2D eigenvalue weighted by Gasteiger charge is -2.40. The molecule has 6 rings (SSSR count). The van der Waals surface area contributed by atoms with E-state index in [1.165, 1.54) is 0 Å². The molecule has 0 saturated heterocycles.